The second kappa shape index (κ2) is 2.04. The molecule has 1 amide bonds. The van der Waals surface area contributed by atoms with E-state index in [0.717, 1.165) is 21.8 Å². The maximum absolute atomic E-state index is 11.1. The molecule has 3 rings (SSSR count). The lowest BCUT2D eigenvalue weighted by molar-refractivity contribution is -0.110. The van der Waals surface area contributed by atoms with Crippen molar-refractivity contribution in [3.05, 3.63) is 28.3 Å². The van der Waals surface area contributed by atoms with E-state index in [1.165, 1.54) is 0 Å². The minimum atomic E-state index is -0.0799. The van der Waals surface area contributed by atoms with Crippen LogP contribution in [-0.2, 0) is 4.79 Å². The van der Waals surface area contributed by atoms with Crippen LogP contribution in [-0.4, -0.2) is 12.1 Å². The van der Waals surface area contributed by atoms with Gasteiger partial charge in [0.05, 0.1) is 17.3 Å². The molecule has 0 radical (unpaired) electrons. The smallest absolute Gasteiger partial charge is 0.249 e. The van der Waals surface area contributed by atoms with Crippen molar-refractivity contribution >= 4 is 23.9 Å². The van der Waals surface area contributed by atoms with E-state index in [0.29, 0.717) is 0 Å². The third-order valence-electron chi connectivity index (χ3n) is 2.14. The molecule has 0 unspecified atom stereocenters. The molecule has 0 aliphatic carbocycles. The zero-order chi connectivity index (χ0) is 8.84. The van der Waals surface area contributed by atoms with Crippen molar-refractivity contribution in [1.82, 2.24) is 0 Å². The Bertz CT molecular complexity index is 557. The van der Waals surface area contributed by atoms with Crippen molar-refractivity contribution in [3.8, 4) is 0 Å². The number of nitrogens with one attached hydrogen (secondary N) is 1. The number of carbonyl (C=O) groups is 1. The van der Waals surface area contributed by atoms with Crippen LogP contribution in [0, 0.1) is 0 Å². The van der Waals surface area contributed by atoms with Gasteiger partial charge in [-0.3, -0.25) is 4.79 Å². The molecule has 2 heterocycles. The van der Waals surface area contributed by atoms with Gasteiger partial charge in [0, 0.05) is 16.9 Å². The van der Waals surface area contributed by atoms with Gasteiger partial charge in [0.25, 0.3) is 0 Å². The highest BCUT2D eigenvalue weighted by Crippen LogP contribution is 2.09. The summed E-state index contributed by atoms with van der Waals surface area (Å²) in [5.74, 6) is -0.0799. The number of rotatable bonds is 0. The molecule has 0 atom stereocenters. The molecular formula is C9H5N3O. The minimum Gasteiger partial charge on any atom is -0.321 e. The standard InChI is InChI=1S/C9H5N3O/c13-8-3-5-1-2-7-6(4-10-12-7)9(5)11-8/h1-4H,(H,11,13). The maximum Gasteiger partial charge on any atom is 0.249 e. The third-order valence-corrected chi connectivity index (χ3v) is 2.14. The molecule has 0 spiro atoms. The Morgan fingerprint density at radius 3 is 3.15 bits per heavy atom. The summed E-state index contributed by atoms with van der Waals surface area (Å²) in [5.41, 5.74) is 1.73. The van der Waals surface area contributed by atoms with Crippen molar-refractivity contribution in [1.29, 1.82) is 0 Å². The summed E-state index contributed by atoms with van der Waals surface area (Å²) in [6.45, 7) is 0. The molecule has 0 saturated carbocycles. The van der Waals surface area contributed by atoms with Crippen LogP contribution < -0.4 is 15.9 Å². The lowest BCUT2D eigenvalue weighted by Gasteiger charge is -1.98. The Kier molecular flexibility index (Phi) is 1.02. The van der Waals surface area contributed by atoms with E-state index < -0.39 is 0 Å². The van der Waals surface area contributed by atoms with Crippen LogP contribution in [0.3, 0.4) is 0 Å². The Labute approximate surface area is 73.3 Å². The van der Waals surface area contributed by atoms with Crippen LogP contribution in [0.2, 0.25) is 0 Å². The van der Waals surface area contributed by atoms with Gasteiger partial charge >= 0.3 is 0 Å². The first-order valence-corrected chi connectivity index (χ1v) is 3.91. The Morgan fingerprint density at radius 1 is 1.31 bits per heavy atom. The number of amides is 1. The molecule has 1 aromatic carbocycles. The van der Waals surface area contributed by atoms with Crippen LogP contribution in [0.25, 0.3) is 6.08 Å². The molecule has 0 bridgehead atoms. The number of anilines is 1. The molecular weight excluding hydrogens is 166 g/mol. The highest BCUT2D eigenvalue weighted by atomic mass is 16.1. The van der Waals surface area contributed by atoms with Crippen molar-refractivity contribution < 1.29 is 4.79 Å². The summed E-state index contributed by atoms with van der Waals surface area (Å²) in [6, 6.07) is 3.72. The van der Waals surface area contributed by atoms with Crippen LogP contribution in [0.15, 0.2) is 22.3 Å². The van der Waals surface area contributed by atoms with Gasteiger partial charge in [-0.05, 0) is 6.07 Å². The SMILES string of the molecule is O=C1C=c2ccc3c(c2N1)C=NN=3. The quantitative estimate of drug-likeness (QED) is 0.556. The number of fused-ring (bicyclic) bond motifs is 3. The number of hydrogen-bond donors (Lipinski definition) is 1. The predicted octanol–water partition coefficient (Wildman–Crippen LogP) is -0.614. The number of hydrogen-bond acceptors (Lipinski definition) is 3. The monoisotopic (exact) mass is 171 g/mol. The van der Waals surface area contributed by atoms with Gasteiger partial charge in [-0.2, -0.15) is 10.2 Å². The highest BCUT2D eigenvalue weighted by Gasteiger charge is 2.15. The Morgan fingerprint density at radius 2 is 2.23 bits per heavy atom. The number of carbonyl (C=O) groups excluding carboxylic acids is 1. The van der Waals surface area contributed by atoms with Crippen LogP contribution in [0.5, 0.6) is 0 Å². The maximum atomic E-state index is 11.1. The fourth-order valence-corrected chi connectivity index (χ4v) is 1.55. The molecule has 62 valence electrons. The lowest BCUT2D eigenvalue weighted by atomic mass is 10.1. The minimum absolute atomic E-state index is 0.0799. The first-order chi connectivity index (χ1) is 6.34. The fourth-order valence-electron chi connectivity index (χ4n) is 1.55. The number of nitrogens with zero attached hydrogens (tertiary/aromatic N) is 2. The van der Waals surface area contributed by atoms with Crippen LogP contribution in [0.4, 0.5) is 5.69 Å². The second-order valence-corrected chi connectivity index (χ2v) is 2.94. The van der Waals surface area contributed by atoms with E-state index in [1.54, 1.807) is 12.3 Å². The van der Waals surface area contributed by atoms with E-state index in [9.17, 15) is 4.79 Å². The van der Waals surface area contributed by atoms with E-state index in [4.69, 9.17) is 0 Å². The van der Waals surface area contributed by atoms with Crippen LogP contribution in [0.1, 0.15) is 5.56 Å². The molecule has 2 aliphatic heterocycles. The van der Waals surface area contributed by atoms with Gasteiger partial charge in [-0.15, -0.1) is 0 Å². The molecule has 13 heavy (non-hydrogen) atoms. The summed E-state index contributed by atoms with van der Waals surface area (Å²) >= 11 is 0. The average Bonchev–Trinajstić information content (AvgIpc) is 2.65. The summed E-state index contributed by atoms with van der Waals surface area (Å²) in [4.78, 5) is 11.1. The zero-order valence-electron chi connectivity index (χ0n) is 6.61. The molecule has 4 heteroatoms. The molecule has 0 aromatic heterocycles. The molecule has 1 aromatic rings. The molecule has 4 nitrogen and oxygen atoms in total. The van der Waals surface area contributed by atoms with Gasteiger partial charge in [-0.25, -0.2) is 0 Å². The summed E-state index contributed by atoms with van der Waals surface area (Å²) in [5, 5.41) is 12.2. The van der Waals surface area contributed by atoms with Crippen molar-refractivity contribution in [3.63, 3.8) is 0 Å². The molecule has 0 fully saturated rings. The average molecular weight is 171 g/mol. The normalized spacial score (nSPS) is 15.8. The fraction of sp³-hybridized carbons (Fsp3) is 0. The molecule has 2 aliphatic rings. The van der Waals surface area contributed by atoms with Gasteiger partial charge in [0.15, 0.2) is 0 Å². The molecule has 1 N–H and O–H groups in total. The largest absolute Gasteiger partial charge is 0.321 e. The number of benzene rings is 1. The van der Waals surface area contributed by atoms with E-state index in [2.05, 4.69) is 15.5 Å². The van der Waals surface area contributed by atoms with Gasteiger partial charge < -0.3 is 5.32 Å². The highest BCUT2D eigenvalue weighted by molar-refractivity contribution is 6.18. The first kappa shape index (κ1) is 6.54. The van der Waals surface area contributed by atoms with Gasteiger partial charge in [-0.1, -0.05) is 6.07 Å². The molecule has 0 saturated heterocycles. The first-order valence-electron chi connectivity index (χ1n) is 3.91. The zero-order valence-corrected chi connectivity index (χ0v) is 6.61. The van der Waals surface area contributed by atoms with Crippen LogP contribution >= 0.6 is 0 Å². The van der Waals surface area contributed by atoms with E-state index >= 15 is 0 Å². The van der Waals surface area contributed by atoms with Gasteiger partial charge in [0.1, 0.15) is 0 Å². The summed E-state index contributed by atoms with van der Waals surface area (Å²) in [6.07, 6.45) is 3.23. The third kappa shape index (κ3) is 0.767. The Hall–Kier alpha value is -1.97. The van der Waals surface area contributed by atoms with E-state index in [-0.39, 0.29) is 5.91 Å². The van der Waals surface area contributed by atoms with E-state index in [1.807, 2.05) is 12.1 Å². The van der Waals surface area contributed by atoms with Crippen molar-refractivity contribution in [2.75, 3.05) is 5.32 Å². The van der Waals surface area contributed by atoms with Gasteiger partial charge in [0.2, 0.25) is 5.91 Å². The predicted molar refractivity (Wildman–Crippen MR) is 47.9 cm³/mol. The van der Waals surface area contributed by atoms with Crippen molar-refractivity contribution in [2.45, 2.75) is 0 Å². The summed E-state index contributed by atoms with van der Waals surface area (Å²) in [7, 11) is 0. The lowest BCUT2D eigenvalue weighted by Crippen LogP contribution is -2.15. The summed E-state index contributed by atoms with van der Waals surface area (Å²) < 4.78 is 0. The Balaban J connectivity index is 2.46. The topological polar surface area (TPSA) is 53.8 Å². The second-order valence-electron chi connectivity index (χ2n) is 2.94. The van der Waals surface area contributed by atoms with Crippen molar-refractivity contribution in [2.24, 2.45) is 10.2 Å².